The van der Waals surface area contributed by atoms with Gasteiger partial charge in [-0.1, -0.05) is 11.3 Å². The van der Waals surface area contributed by atoms with Crippen molar-refractivity contribution in [2.24, 2.45) is 7.05 Å². The highest BCUT2D eigenvalue weighted by Crippen LogP contribution is 2.16. The smallest absolute Gasteiger partial charge is 0.188 e. The molecule has 0 unspecified atom stereocenters. The molecule has 0 N–H and O–H groups in total. The molecule has 0 fully saturated rings. The Labute approximate surface area is 110 Å². The van der Waals surface area contributed by atoms with Crippen LogP contribution in [0.2, 0.25) is 0 Å². The number of rotatable bonds is 3. The molecule has 94 valence electrons. The first-order valence-corrected chi connectivity index (χ1v) is 5.80. The zero-order valence-electron chi connectivity index (χ0n) is 9.32. The fourth-order valence-electron chi connectivity index (χ4n) is 1.55. The van der Waals surface area contributed by atoms with E-state index in [1.54, 1.807) is 7.05 Å². The van der Waals surface area contributed by atoms with Gasteiger partial charge in [0.2, 0.25) is 0 Å². The monoisotopic (exact) mass is 315 g/mol. The molecule has 0 aliphatic rings. The third-order valence-electron chi connectivity index (χ3n) is 2.40. The Morgan fingerprint density at radius 2 is 2.11 bits per heavy atom. The predicted molar refractivity (Wildman–Crippen MR) is 63.1 cm³/mol. The molecule has 1 aromatic carbocycles. The highest BCUT2D eigenvalue weighted by atomic mass is 79.9. The van der Waals surface area contributed by atoms with Crippen molar-refractivity contribution in [3.8, 4) is 0 Å². The van der Waals surface area contributed by atoms with Gasteiger partial charge in [0.15, 0.2) is 22.0 Å². The molecule has 18 heavy (non-hydrogen) atoms. The molecule has 0 saturated carbocycles. The molecule has 2 rings (SSSR count). The summed E-state index contributed by atoms with van der Waals surface area (Å²) in [6.07, 6.45) is -0.0446. The average molecular weight is 316 g/mol. The molecule has 0 radical (unpaired) electrons. The number of aryl methyl sites for hydroxylation is 1. The third-order valence-corrected chi connectivity index (χ3v) is 2.93. The summed E-state index contributed by atoms with van der Waals surface area (Å²) in [5.41, 5.74) is 0.687. The molecule has 0 aliphatic heterocycles. The van der Waals surface area contributed by atoms with Crippen LogP contribution in [-0.2, 0) is 13.5 Å². The van der Waals surface area contributed by atoms with E-state index < -0.39 is 11.6 Å². The summed E-state index contributed by atoms with van der Waals surface area (Å²) in [4.78, 5) is 12.0. The number of Topliss-reactive ketones (excluding diaryl/α,β-unsaturated/α-hetero) is 1. The van der Waals surface area contributed by atoms with Crippen LogP contribution in [0, 0.1) is 11.6 Å². The van der Waals surface area contributed by atoms with Gasteiger partial charge in [0.25, 0.3) is 0 Å². The number of carbonyl (C=O) groups excluding carboxylic acids is 1. The molecule has 1 heterocycles. The molecule has 7 heteroatoms. The van der Waals surface area contributed by atoms with Gasteiger partial charge < -0.3 is 0 Å². The zero-order valence-corrected chi connectivity index (χ0v) is 10.9. The molecular formula is C11H8BrF2N3O. The van der Waals surface area contributed by atoms with Crippen LogP contribution in [0.1, 0.15) is 16.1 Å². The lowest BCUT2D eigenvalue weighted by Gasteiger charge is -2.02. The van der Waals surface area contributed by atoms with E-state index in [0.717, 1.165) is 12.1 Å². The Morgan fingerprint density at radius 3 is 2.67 bits per heavy atom. The Kier molecular flexibility index (Phi) is 3.51. The second kappa shape index (κ2) is 4.93. The lowest BCUT2D eigenvalue weighted by atomic mass is 10.1. The van der Waals surface area contributed by atoms with E-state index >= 15 is 0 Å². The van der Waals surface area contributed by atoms with Gasteiger partial charge in [0.05, 0.1) is 0 Å². The maximum Gasteiger partial charge on any atom is 0.188 e. The van der Waals surface area contributed by atoms with Gasteiger partial charge in [-0.3, -0.25) is 4.79 Å². The fourth-order valence-corrected chi connectivity index (χ4v) is 2.09. The van der Waals surface area contributed by atoms with Crippen molar-refractivity contribution in [2.75, 3.05) is 0 Å². The van der Waals surface area contributed by atoms with E-state index in [1.807, 2.05) is 0 Å². The van der Waals surface area contributed by atoms with Gasteiger partial charge in [-0.25, -0.2) is 13.5 Å². The van der Waals surface area contributed by atoms with E-state index in [2.05, 4.69) is 26.2 Å². The van der Waals surface area contributed by atoms with Crippen molar-refractivity contribution in [3.05, 3.63) is 45.7 Å². The Balaban J connectivity index is 2.24. The lowest BCUT2D eigenvalue weighted by Crippen LogP contribution is -2.10. The first-order chi connectivity index (χ1) is 8.49. The number of nitrogens with zero attached hydrogens (tertiary/aromatic N) is 3. The van der Waals surface area contributed by atoms with Crippen molar-refractivity contribution in [3.63, 3.8) is 0 Å². The van der Waals surface area contributed by atoms with Gasteiger partial charge in [-0.2, -0.15) is 0 Å². The standard InChI is InChI=1S/C11H8BrF2N3O/c1-17-10(11(12)15-16-17)9(18)5-6-2-3-7(13)8(14)4-6/h2-4H,5H2,1H3. The predicted octanol–water partition coefficient (Wildman–Crippen LogP) is 2.28. The molecule has 0 spiro atoms. The Bertz CT molecular complexity index is 593. The number of carbonyl (C=O) groups is 1. The second-order valence-electron chi connectivity index (χ2n) is 3.70. The maximum absolute atomic E-state index is 13.0. The fraction of sp³-hybridized carbons (Fsp3) is 0.182. The third kappa shape index (κ3) is 2.45. The van der Waals surface area contributed by atoms with Crippen LogP contribution in [0.15, 0.2) is 22.8 Å². The SMILES string of the molecule is Cn1nnc(Br)c1C(=O)Cc1ccc(F)c(F)c1. The molecule has 0 aliphatic carbocycles. The minimum atomic E-state index is -0.970. The van der Waals surface area contributed by atoms with Gasteiger partial charge in [-0.15, -0.1) is 5.10 Å². The van der Waals surface area contributed by atoms with Crippen LogP contribution in [0.25, 0.3) is 0 Å². The number of hydrogen-bond acceptors (Lipinski definition) is 3. The normalized spacial score (nSPS) is 10.7. The minimum Gasteiger partial charge on any atom is -0.292 e. The van der Waals surface area contributed by atoms with Gasteiger partial charge in [-0.05, 0) is 33.6 Å². The van der Waals surface area contributed by atoms with Gasteiger partial charge in [0, 0.05) is 13.5 Å². The summed E-state index contributed by atoms with van der Waals surface area (Å²) in [6.45, 7) is 0. The first-order valence-electron chi connectivity index (χ1n) is 5.01. The Morgan fingerprint density at radius 1 is 1.39 bits per heavy atom. The molecular weight excluding hydrogens is 308 g/mol. The Hall–Kier alpha value is -1.63. The number of halogens is 3. The lowest BCUT2D eigenvalue weighted by molar-refractivity contribution is 0.0983. The first kappa shape index (κ1) is 12.8. The van der Waals surface area contributed by atoms with Crippen LogP contribution in [0.3, 0.4) is 0 Å². The zero-order chi connectivity index (χ0) is 13.3. The summed E-state index contributed by atoms with van der Waals surface area (Å²) in [5.74, 6) is -2.18. The van der Waals surface area contributed by atoms with Crippen LogP contribution in [0.4, 0.5) is 8.78 Å². The number of ketones is 1. The average Bonchev–Trinajstić information content (AvgIpc) is 2.64. The van der Waals surface area contributed by atoms with Crippen molar-refractivity contribution in [1.29, 1.82) is 0 Å². The van der Waals surface area contributed by atoms with E-state index in [0.29, 0.717) is 15.9 Å². The van der Waals surface area contributed by atoms with E-state index in [4.69, 9.17) is 0 Å². The number of hydrogen-bond donors (Lipinski definition) is 0. The molecule has 0 bridgehead atoms. The highest BCUT2D eigenvalue weighted by Gasteiger charge is 2.17. The molecule has 1 aromatic heterocycles. The van der Waals surface area contributed by atoms with Crippen molar-refractivity contribution < 1.29 is 13.6 Å². The topological polar surface area (TPSA) is 47.8 Å². The summed E-state index contributed by atoms with van der Waals surface area (Å²) in [7, 11) is 1.58. The van der Waals surface area contributed by atoms with Crippen LogP contribution in [-0.4, -0.2) is 20.8 Å². The van der Waals surface area contributed by atoms with Crippen LogP contribution in [0.5, 0.6) is 0 Å². The van der Waals surface area contributed by atoms with Crippen molar-refractivity contribution >= 4 is 21.7 Å². The minimum absolute atomic E-state index is 0.0446. The van der Waals surface area contributed by atoms with E-state index in [1.165, 1.54) is 10.7 Å². The number of aromatic nitrogens is 3. The summed E-state index contributed by atoms with van der Waals surface area (Å²) in [5, 5.41) is 7.36. The summed E-state index contributed by atoms with van der Waals surface area (Å²) in [6, 6.07) is 3.37. The molecule has 0 atom stereocenters. The highest BCUT2D eigenvalue weighted by molar-refractivity contribution is 9.10. The number of benzene rings is 1. The molecule has 0 saturated heterocycles. The van der Waals surface area contributed by atoms with Crippen LogP contribution < -0.4 is 0 Å². The summed E-state index contributed by atoms with van der Waals surface area (Å²) >= 11 is 3.11. The van der Waals surface area contributed by atoms with Gasteiger partial charge >= 0.3 is 0 Å². The molecule has 2 aromatic rings. The van der Waals surface area contributed by atoms with E-state index in [9.17, 15) is 13.6 Å². The van der Waals surface area contributed by atoms with Crippen LogP contribution >= 0.6 is 15.9 Å². The quantitative estimate of drug-likeness (QED) is 0.816. The van der Waals surface area contributed by atoms with Crippen molar-refractivity contribution in [2.45, 2.75) is 6.42 Å². The molecule has 4 nitrogen and oxygen atoms in total. The van der Waals surface area contributed by atoms with E-state index in [-0.39, 0.29) is 12.2 Å². The summed E-state index contributed by atoms with van der Waals surface area (Å²) < 4.78 is 27.4. The maximum atomic E-state index is 13.0. The largest absolute Gasteiger partial charge is 0.292 e. The molecule has 0 amide bonds. The van der Waals surface area contributed by atoms with Crippen molar-refractivity contribution in [1.82, 2.24) is 15.0 Å². The second-order valence-corrected chi connectivity index (χ2v) is 4.45. The van der Waals surface area contributed by atoms with Gasteiger partial charge in [0.1, 0.15) is 5.69 Å².